The number of anilines is 1. The first-order valence-corrected chi connectivity index (χ1v) is 8.49. The Morgan fingerprint density at radius 3 is 2.46 bits per heavy atom. The van der Waals surface area contributed by atoms with E-state index in [1.165, 1.54) is 0 Å². The predicted molar refractivity (Wildman–Crippen MR) is 83.9 cm³/mol. The van der Waals surface area contributed by atoms with Crippen molar-refractivity contribution < 1.29 is 27.8 Å². The Hall–Kier alpha value is -2.10. The number of hydrogen-bond acceptors (Lipinski definition) is 6. The van der Waals surface area contributed by atoms with Crippen molar-refractivity contribution in [2.45, 2.75) is 18.7 Å². The lowest BCUT2D eigenvalue weighted by atomic mass is 10.2. The van der Waals surface area contributed by atoms with E-state index >= 15 is 0 Å². The Balaban J connectivity index is 1.50. The van der Waals surface area contributed by atoms with Gasteiger partial charge in [-0.05, 0) is 24.8 Å². The molecule has 1 aliphatic carbocycles. The van der Waals surface area contributed by atoms with Gasteiger partial charge >= 0.3 is 18.2 Å². The molecule has 1 saturated carbocycles. The molecule has 3 heterocycles. The molecule has 4 rings (SSSR count). The average molecular weight is 372 g/mol. The molecule has 0 aromatic carbocycles. The molecule has 1 aromatic heterocycles. The number of aromatic nitrogens is 2. The van der Waals surface area contributed by atoms with Gasteiger partial charge in [0.2, 0.25) is 0 Å². The summed E-state index contributed by atoms with van der Waals surface area (Å²) in [5.74, 6) is -0.108. The van der Waals surface area contributed by atoms with Crippen molar-refractivity contribution in [3.05, 3.63) is 11.8 Å². The molecule has 0 spiro atoms. The molecular formula is C16H19F3N4O3. The summed E-state index contributed by atoms with van der Waals surface area (Å²) in [4.78, 5) is 22.3. The number of likely N-dealkylation sites (N-methyl/N-ethyl adjacent to an activating group) is 1. The summed E-state index contributed by atoms with van der Waals surface area (Å²) in [7, 11) is 1.89. The van der Waals surface area contributed by atoms with Crippen molar-refractivity contribution in [3.8, 4) is 6.01 Å². The van der Waals surface area contributed by atoms with Gasteiger partial charge in [0.1, 0.15) is 11.9 Å². The van der Waals surface area contributed by atoms with Gasteiger partial charge in [0.05, 0.1) is 0 Å². The summed E-state index contributed by atoms with van der Waals surface area (Å²) in [5.41, 5.74) is -1.02. The number of likely N-dealkylation sites (tertiary alicyclic amines) is 1. The Kier molecular flexibility index (Phi) is 3.98. The lowest BCUT2D eigenvalue weighted by molar-refractivity contribution is -0.141. The van der Waals surface area contributed by atoms with Gasteiger partial charge in [0.15, 0.2) is 5.69 Å². The number of fused-ring (bicyclic) bond motifs is 1. The number of aliphatic carboxylic acids is 1. The molecule has 1 N–H and O–H groups in total. The van der Waals surface area contributed by atoms with Crippen LogP contribution in [0.25, 0.3) is 0 Å². The van der Waals surface area contributed by atoms with E-state index in [9.17, 15) is 18.0 Å². The number of carboxylic acid groups (broad SMARTS) is 1. The van der Waals surface area contributed by atoms with Gasteiger partial charge < -0.3 is 14.7 Å². The number of carboxylic acids is 1. The highest BCUT2D eigenvalue weighted by Crippen LogP contribution is 2.54. The van der Waals surface area contributed by atoms with Crippen LogP contribution in [0.3, 0.4) is 0 Å². The summed E-state index contributed by atoms with van der Waals surface area (Å²) in [6.45, 7) is 2.28. The van der Waals surface area contributed by atoms with E-state index in [2.05, 4.69) is 9.97 Å². The summed E-state index contributed by atoms with van der Waals surface area (Å²) >= 11 is 0. The third kappa shape index (κ3) is 3.29. The number of alkyl halides is 3. The highest BCUT2D eigenvalue weighted by atomic mass is 19.4. The second-order valence-electron chi connectivity index (χ2n) is 7.35. The minimum Gasteiger partial charge on any atom is -0.481 e. The highest BCUT2D eigenvalue weighted by molar-refractivity contribution is 5.68. The molecule has 0 bridgehead atoms. The predicted octanol–water partition coefficient (Wildman–Crippen LogP) is 1.35. The van der Waals surface area contributed by atoms with Gasteiger partial charge in [-0.3, -0.25) is 9.69 Å². The molecule has 7 nitrogen and oxygen atoms in total. The zero-order chi connectivity index (χ0) is 18.6. The van der Waals surface area contributed by atoms with Crippen molar-refractivity contribution in [1.29, 1.82) is 0 Å². The van der Waals surface area contributed by atoms with Gasteiger partial charge in [0, 0.05) is 38.7 Å². The number of ether oxygens (including phenoxy) is 1. The molecule has 142 valence electrons. The van der Waals surface area contributed by atoms with Crippen LogP contribution in [-0.2, 0) is 11.0 Å². The molecule has 3 aliphatic rings. The SMILES string of the molecule is CN1CC(Oc2nc(N3C[C@@H]4[C@H](CC(=O)O)[C@@H]4C3)cc(C(F)(F)F)n2)C1. The molecule has 3 atom stereocenters. The maximum absolute atomic E-state index is 13.2. The van der Waals surface area contributed by atoms with Gasteiger partial charge in [-0.2, -0.15) is 23.1 Å². The minimum atomic E-state index is -4.58. The fraction of sp³-hybridized carbons (Fsp3) is 0.688. The standard InChI is InChI=1S/C16H19F3N4O3/c1-22-4-8(5-22)26-15-20-12(16(17,18)19)3-13(21-15)23-6-10-9(2-14(24)25)11(10)7-23/h3,8-11H,2,4-7H2,1H3,(H,24,25)/t9-,10+,11-. The second-order valence-corrected chi connectivity index (χ2v) is 7.35. The first kappa shape index (κ1) is 17.3. The summed E-state index contributed by atoms with van der Waals surface area (Å²) in [6.07, 6.45) is -4.67. The van der Waals surface area contributed by atoms with Crippen molar-refractivity contribution in [3.63, 3.8) is 0 Å². The van der Waals surface area contributed by atoms with Gasteiger partial charge in [-0.25, -0.2) is 0 Å². The maximum atomic E-state index is 13.2. The molecule has 0 unspecified atom stereocenters. The topological polar surface area (TPSA) is 78.8 Å². The van der Waals surface area contributed by atoms with Crippen LogP contribution in [0.15, 0.2) is 6.07 Å². The van der Waals surface area contributed by atoms with Crippen molar-refractivity contribution in [2.24, 2.45) is 17.8 Å². The first-order chi connectivity index (χ1) is 12.2. The fourth-order valence-corrected chi connectivity index (χ4v) is 3.98. The number of hydrogen-bond donors (Lipinski definition) is 1. The van der Waals surface area contributed by atoms with E-state index in [1.54, 1.807) is 4.90 Å². The summed E-state index contributed by atoms with van der Waals surface area (Å²) < 4.78 is 45.1. The van der Waals surface area contributed by atoms with E-state index in [0.717, 1.165) is 6.07 Å². The zero-order valence-corrected chi connectivity index (χ0v) is 14.1. The van der Waals surface area contributed by atoms with Gasteiger partial charge in [-0.15, -0.1) is 0 Å². The van der Waals surface area contributed by atoms with Crippen LogP contribution in [0.4, 0.5) is 19.0 Å². The number of carbonyl (C=O) groups is 1. The molecule has 1 aromatic rings. The number of piperidine rings is 1. The third-order valence-corrected chi connectivity index (χ3v) is 5.39. The largest absolute Gasteiger partial charge is 0.481 e. The number of nitrogens with zero attached hydrogens (tertiary/aromatic N) is 4. The van der Waals surface area contributed by atoms with E-state index in [4.69, 9.17) is 9.84 Å². The van der Waals surface area contributed by atoms with Crippen LogP contribution >= 0.6 is 0 Å². The van der Waals surface area contributed by atoms with Crippen LogP contribution in [0.5, 0.6) is 6.01 Å². The molecule has 10 heteroatoms. The van der Waals surface area contributed by atoms with Crippen LogP contribution in [0.1, 0.15) is 12.1 Å². The Morgan fingerprint density at radius 2 is 1.92 bits per heavy atom. The van der Waals surface area contributed by atoms with Crippen LogP contribution in [0, 0.1) is 17.8 Å². The Morgan fingerprint density at radius 1 is 1.27 bits per heavy atom. The summed E-state index contributed by atoms with van der Waals surface area (Å²) in [5, 5.41) is 8.88. The quantitative estimate of drug-likeness (QED) is 0.836. The average Bonchev–Trinajstić information content (AvgIpc) is 2.95. The van der Waals surface area contributed by atoms with Crippen LogP contribution in [-0.4, -0.2) is 65.3 Å². The molecule has 0 amide bonds. The third-order valence-electron chi connectivity index (χ3n) is 5.39. The van der Waals surface area contributed by atoms with E-state index in [-0.39, 0.29) is 42.1 Å². The molecule has 3 fully saturated rings. The van der Waals surface area contributed by atoms with Crippen molar-refractivity contribution in [2.75, 3.05) is 38.1 Å². The lowest BCUT2D eigenvalue weighted by Crippen LogP contribution is -2.51. The number of halogens is 3. The Labute approximate surface area is 147 Å². The molecule has 0 radical (unpaired) electrons. The lowest BCUT2D eigenvalue weighted by Gasteiger charge is -2.35. The second kappa shape index (κ2) is 5.97. The molecule has 2 aliphatic heterocycles. The van der Waals surface area contributed by atoms with E-state index in [0.29, 0.717) is 26.2 Å². The number of rotatable bonds is 5. The molecule has 26 heavy (non-hydrogen) atoms. The zero-order valence-electron chi connectivity index (χ0n) is 14.1. The van der Waals surface area contributed by atoms with Crippen LogP contribution in [0.2, 0.25) is 0 Å². The minimum absolute atomic E-state index is 0.115. The van der Waals surface area contributed by atoms with Gasteiger partial charge in [-0.1, -0.05) is 0 Å². The maximum Gasteiger partial charge on any atom is 0.433 e. The Bertz CT molecular complexity index is 711. The van der Waals surface area contributed by atoms with E-state index < -0.39 is 17.8 Å². The highest BCUT2D eigenvalue weighted by Gasteiger charge is 2.56. The normalized spacial score (nSPS) is 28.6. The fourth-order valence-electron chi connectivity index (χ4n) is 3.98. The molecule has 2 saturated heterocycles. The first-order valence-electron chi connectivity index (χ1n) is 8.49. The smallest absolute Gasteiger partial charge is 0.433 e. The monoisotopic (exact) mass is 372 g/mol. The van der Waals surface area contributed by atoms with Crippen LogP contribution < -0.4 is 9.64 Å². The summed E-state index contributed by atoms with van der Waals surface area (Å²) in [6, 6.07) is 0.687. The van der Waals surface area contributed by atoms with E-state index in [1.807, 2.05) is 11.9 Å². The van der Waals surface area contributed by atoms with Crippen molar-refractivity contribution >= 4 is 11.8 Å². The van der Waals surface area contributed by atoms with Gasteiger partial charge in [0.25, 0.3) is 0 Å². The molecular weight excluding hydrogens is 353 g/mol. The van der Waals surface area contributed by atoms with Crippen molar-refractivity contribution in [1.82, 2.24) is 14.9 Å².